The van der Waals surface area contributed by atoms with E-state index in [1.807, 2.05) is 43.5 Å². The number of halogens is 1. The third-order valence-electron chi connectivity index (χ3n) is 7.48. The first-order chi connectivity index (χ1) is 22.7. The number of benzene rings is 4. The van der Waals surface area contributed by atoms with E-state index in [0.717, 1.165) is 14.8 Å². The monoisotopic (exact) mass is 693 g/mol. The first-order valence-electron chi connectivity index (χ1n) is 15.4. The van der Waals surface area contributed by atoms with Crippen LogP contribution in [0.5, 0.6) is 5.75 Å². The van der Waals surface area contributed by atoms with Gasteiger partial charge in [-0.05, 0) is 73.2 Å². The first-order valence-corrected chi connectivity index (χ1v) is 18.5. The van der Waals surface area contributed by atoms with Crippen LogP contribution < -0.4 is 14.4 Å². The van der Waals surface area contributed by atoms with Crippen molar-refractivity contribution in [2.75, 3.05) is 30.3 Å². The Labute approximate surface area is 287 Å². The third kappa shape index (κ3) is 9.31. The quantitative estimate of drug-likeness (QED) is 0.129. The predicted molar refractivity (Wildman–Crippen MR) is 190 cm³/mol. The van der Waals surface area contributed by atoms with Crippen molar-refractivity contribution in [3.63, 3.8) is 0 Å². The molecule has 0 aliphatic heterocycles. The zero-order valence-corrected chi connectivity index (χ0v) is 29.2. The Morgan fingerprint density at radius 3 is 2.21 bits per heavy atom. The van der Waals surface area contributed by atoms with Crippen molar-refractivity contribution in [1.29, 1.82) is 0 Å². The van der Waals surface area contributed by atoms with Gasteiger partial charge in [0.1, 0.15) is 18.3 Å². The number of sulfonamides is 1. The Balaban J connectivity index is 1.84. The summed E-state index contributed by atoms with van der Waals surface area (Å²) in [4.78, 5) is 30.8. The maximum atomic E-state index is 14.7. The summed E-state index contributed by atoms with van der Waals surface area (Å²) < 4.78 is 35.7. The Kier molecular flexibility index (Phi) is 13.2. The third-order valence-corrected chi connectivity index (χ3v) is 10.4. The summed E-state index contributed by atoms with van der Waals surface area (Å²) in [5.41, 5.74) is 1.69. The van der Waals surface area contributed by atoms with Crippen LogP contribution >= 0.6 is 23.4 Å². The molecule has 0 bridgehead atoms. The van der Waals surface area contributed by atoms with E-state index in [-0.39, 0.29) is 36.1 Å². The number of thioether (sulfide) groups is 1. The van der Waals surface area contributed by atoms with Crippen LogP contribution in [0.15, 0.2) is 113 Å². The number of rotatable bonds is 16. The zero-order valence-electron chi connectivity index (χ0n) is 26.8. The van der Waals surface area contributed by atoms with Gasteiger partial charge in [-0.25, -0.2) is 8.42 Å². The van der Waals surface area contributed by atoms with Gasteiger partial charge in [0.2, 0.25) is 11.8 Å². The highest BCUT2D eigenvalue weighted by Crippen LogP contribution is 2.33. The molecule has 0 aliphatic carbocycles. The fourth-order valence-corrected chi connectivity index (χ4v) is 7.09. The molecule has 0 aromatic heterocycles. The molecule has 0 fully saturated rings. The number of anilines is 1. The van der Waals surface area contributed by atoms with Crippen molar-refractivity contribution in [1.82, 2.24) is 10.2 Å². The molecule has 0 saturated heterocycles. The van der Waals surface area contributed by atoms with E-state index in [1.54, 1.807) is 67.6 Å². The summed E-state index contributed by atoms with van der Waals surface area (Å²) in [6.45, 7) is 3.86. The van der Waals surface area contributed by atoms with Crippen molar-refractivity contribution < 1.29 is 22.7 Å². The summed E-state index contributed by atoms with van der Waals surface area (Å²) in [5, 5.41) is 3.38. The molecule has 0 radical (unpaired) electrons. The van der Waals surface area contributed by atoms with Gasteiger partial charge in [0.15, 0.2) is 0 Å². The van der Waals surface area contributed by atoms with Gasteiger partial charge in [-0.1, -0.05) is 79.2 Å². The van der Waals surface area contributed by atoms with Gasteiger partial charge in [0.05, 0.1) is 17.2 Å². The highest BCUT2D eigenvalue weighted by molar-refractivity contribution is 7.98. The normalized spacial score (nSPS) is 11.8. The smallest absolute Gasteiger partial charge is 0.264 e. The lowest BCUT2D eigenvalue weighted by Crippen LogP contribution is -2.53. The summed E-state index contributed by atoms with van der Waals surface area (Å²) in [7, 11) is -4.28. The van der Waals surface area contributed by atoms with E-state index in [2.05, 4.69) is 5.32 Å². The molecule has 0 aliphatic rings. The van der Waals surface area contributed by atoms with Crippen LogP contribution in [0, 0.1) is 0 Å². The number of para-hydroxylation sites is 2. The molecule has 11 heteroatoms. The minimum Gasteiger partial charge on any atom is -0.492 e. The van der Waals surface area contributed by atoms with Crippen LogP contribution in [-0.2, 0) is 32.6 Å². The number of ether oxygens (including phenoxy) is 1. The molecule has 2 amide bonds. The Morgan fingerprint density at radius 2 is 1.55 bits per heavy atom. The van der Waals surface area contributed by atoms with E-state index in [9.17, 15) is 18.0 Å². The Bertz CT molecular complexity index is 1740. The minimum absolute atomic E-state index is 0.0149. The van der Waals surface area contributed by atoms with Crippen molar-refractivity contribution >= 4 is 50.9 Å². The zero-order chi connectivity index (χ0) is 33.8. The summed E-state index contributed by atoms with van der Waals surface area (Å²) >= 11 is 8.07. The molecule has 248 valence electrons. The molecule has 0 saturated carbocycles. The number of nitrogens with zero attached hydrogens (tertiary/aromatic N) is 2. The average Bonchev–Trinajstić information content (AvgIpc) is 3.09. The second-order valence-corrected chi connectivity index (χ2v) is 13.8. The summed E-state index contributed by atoms with van der Waals surface area (Å²) in [5.74, 6) is -0.604. The van der Waals surface area contributed by atoms with E-state index in [4.69, 9.17) is 16.3 Å². The molecule has 1 N–H and O–H groups in total. The predicted octanol–water partition coefficient (Wildman–Crippen LogP) is 6.82. The standard InChI is InChI=1S/C36H40ClN3O5S2/c1-4-23-38-36(42)33(24-27-13-7-6-8-14-27)39(25-28-15-9-10-16-31(28)37)35(41)26-40(32-17-11-12-18-34(32)45-5-2)47(43,44)30-21-19-29(46-3)20-22-30/h6-22,33H,4-5,23-26H2,1-3H3,(H,38,42)/t33-/m1/s1. The van der Waals surface area contributed by atoms with Crippen molar-refractivity contribution in [3.8, 4) is 5.75 Å². The van der Waals surface area contributed by atoms with E-state index in [0.29, 0.717) is 29.3 Å². The van der Waals surface area contributed by atoms with Gasteiger partial charge < -0.3 is 15.0 Å². The minimum atomic E-state index is -4.28. The largest absolute Gasteiger partial charge is 0.492 e. The molecule has 4 rings (SSSR count). The molecule has 8 nitrogen and oxygen atoms in total. The lowest BCUT2D eigenvalue weighted by Gasteiger charge is -2.34. The Hall–Kier alpha value is -3.99. The molecule has 0 unspecified atom stereocenters. The fraction of sp³-hybridized carbons (Fsp3) is 0.278. The van der Waals surface area contributed by atoms with Crippen molar-refractivity contribution in [2.24, 2.45) is 0 Å². The fourth-order valence-electron chi connectivity index (χ4n) is 5.06. The maximum Gasteiger partial charge on any atom is 0.264 e. The van der Waals surface area contributed by atoms with Gasteiger partial charge in [-0.3, -0.25) is 13.9 Å². The lowest BCUT2D eigenvalue weighted by atomic mass is 10.0. The van der Waals surface area contributed by atoms with Gasteiger partial charge in [0.25, 0.3) is 10.0 Å². The van der Waals surface area contributed by atoms with Gasteiger partial charge >= 0.3 is 0 Å². The molecule has 1 atom stereocenters. The van der Waals surface area contributed by atoms with Crippen molar-refractivity contribution in [3.05, 3.63) is 119 Å². The van der Waals surface area contributed by atoms with Crippen LogP contribution in [0.4, 0.5) is 5.69 Å². The first kappa shape index (κ1) is 35.9. The number of hydrogen-bond donors (Lipinski definition) is 1. The van der Waals surface area contributed by atoms with Gasteiger partial charge in [-0.15, -0.1) is 11.8 Å². The lowest BCUT2D eigenvalue weighted by molar-refractivity contribution is -0.140. The van der Waals surface area contributed by atoms with Gasteiger partial charge in [0, 0.05) is 29.4 Å². The van der Waals surface area contributed by atoms with Crippen LogP contribution in [0.3, 0.4) is 0 Å². The number of carbonyl (C=O) groups is 2. The second kappa shape index (κ2) is 17.2. The van der Waals surface area contributed by atoms with Gasteiger partial charge in [-0.2, -0.15) is 0 Å². The van der Waals surface area contributed by atoms with Crippen LogP contribution in [0.2, 0.25) is 5.02 Å². The van der Waals surface area contributed by atoms with Crippen LogP contribution in [0.25, 0.3) is 0 Å². The number of hydrogen-bond acceptors (Lipinski definition) is 6. The molecule has 0 heterocycles. The topological polar surface area (TPSA) is 96.0 Å². The van der Waals surface area contributed by atoms with Crippen LogP contribution in [0.1, 0.15) is 31.4 Å². The number of amides is 2. The summed E-state index contributed by atoms with van der Waals surface area (Å²) in [6, 6.07) is 28.8. The molecular formula is C36H40ClN3O5S2. The van der Waals surface area contributed by atoms with Crippen molar-refractivity contribution in [2.45, 2.75) is 49.1 Å². The maximum absolute atomic E-state index is 14.7. The second-order valence-electron chi connectivity index (χ2n) is 10.7. The van der Waals surface area contributed by atoms with E-state index >= 15 is 0 Å². The number of nitrogens with one attached hydrogen (secondary N) is 1. The molecule has 4 aromatic rings. The molecule has 0 spiro atoms. The summed E-state index contributed by atoms with van der Waals surface area (Å²) in [6.07, 6.45) is 2.83. The Morgan fingerprint density at radius 1 is 0.894 bits per heavy atom. The average molecular weight is 694 g/mol. The molecular weight excluding hydrogens is 654 g/mol. The highest BCUT2D eigenvalue weighted by Gasteiger charge is 2.35. The van der Waals surface area contributed by atoms with E-state index < -0.39 is 28.5 Å². The SMILES string of the molecule is CCCNC(=O)[C@@H](Cc1ccccc1)N(Cc1ccccc1Cl)C(=O)CN(c1ccccc1OCC)S(=O)(=O)c1ccc(SC)cc1. The number of carbonyl (C=O) groups excluding carboxylic acids is 2. The van der Waals surface area contributed by atoms with Crippen LogP contribution in [-0.4, -0.2) is 57.1 Å². The van der Waals surface area contributed by atoms with E-state index in [1.165, 1.54) is 28.8 Å². The molecule has 4 aromatic carbocycles. The molecule has 47 heavy (non-hydrogen) atoms. The highest BCUT2D eigenvalue weighted by atomic mass is 35.5.